The molecule has 0 aliphatic heterocycles. The summed E-state index contributed by atoms with van der Waals surface area (Å²) in [5, 5.41) is 12.4. The molecule has 1 fully saturated rings. The van der Waals surface area contributed by atoms with Crippen LogP contribution in [0, 0.1) is 11.8 Å². The van der Waals surface area contributed by atoms with Crippen LogP contribution in [0.2, 0.25) is 0 Å². The van der Waals surface area contributed by atoms with Crippen LogP contribution < -0.4 is 5.32 Å². The van der Waals surface area contributed by atoms with Crippen molar-refractivity contribution >= 4 is 23.2 Å². The number of aliphatic carboxylic acids is 1. The van der Waals surface area contributed by atoms with Gasteiger partial charge in [-0.25, -0.2) is 4.98 Å². The summed E-state index contributed by atoms with van der Waals surface area (Å²) in [6.07, 6.45) is -3.29. The van der Waals surface area contributed by atoms with Gasteiger partial charge in [-0.05, 0) is 19.3 Å². The zero-order chi connectivity index (χ0) is 15.6. The molecule has 5 nitrogen and oxygen atoms in total. The highest BCUT2D eigenvalue weighted by Crippen LogP contribution is 2.32. The highest BCUT2D eigenvalue weighted by molar-refractivity contribution is 7.09. The normalized spacial score (nSPS) is 22.2. The van der Waals surface area contributed by atoms with Gasteiger partial charge >= 0.3 is 12.1 Å². The predicted molar refractivity (Wildman–Crippen MR) is 67.4 cm³/mol. The second-order valence-electron chi connectivity index (χ2n) is 4.89. The number of nitrogens with one attached hydrogen (secondary N) is 1. The molecule has 2 N–H and O–H groups in total. The molecule has 2 rings (SSSR count). The van der Waals surface area contributed by atoms with Crippen molar-refractivity contribution in [3.05, 3.63) is 16.1 Å². The first-order valence-corrected chi connectivity index (χ1v) is 7.17. The molecule has 21 heavy (non-hydrogen) atoms. The Hall–Kier alpha value is -1.64. The Morgan fingerprint density at radius 3 is 2.57 bits per heavy atom. The van der Waals surface area contributed by atoms with Crippen LogP contribution in [0.1, 0.15) is 30.0 Å². The molecule has 1 aromatic heterocycles. The summed E-state index contributed by atoms with van der Waals surface area (Å²) in [5.74, 6) is -2.16. The SMILES string of the molecule is O=C(O)[C@@H]1CC[C@H](C(=O)NCc2nc(C(F)(F)F)cs2)C1. The number of thiazole rings is 1. The Morgan fingerprint density at radius 1 is 1.38 bits per heavy atom. The van der Waals surface area contributed by atoms with Crippen LogP contribution in [-0.2, 0) is 22.3 Å². The van der Waals surface area contributed by atoms with E-state index in [9.17, 15) is 22.8 Å². The first kappa shape index (κ1) is 15.7. The number of amides is 1. The number of hydrogen-bond donors (Lipinski definition) is 2. The third kappa shape index (κ3) is 3.93. The molecule has 1 aliphatic carbocycles. The molecule has 1 amide bonds. The Bertz CT molecular complexity index is 544. The van der Waals surface area contributed by atoms with Gasteiger partial charge in [0.2, 0.25) is 5.91 Å². The molecule has 0 spiro atoms. The standard InChI is InChI=1S/C12H13F3N2O3S/c13-12(14,15)8-5-21-9(17-8)4-16-10(18)6-1-2-7(3-6)11(19)20/h5-7H,1-4H2,(H,16,18)(H,19,20)/t6-,7+/m0/s1. The van der Waals surface area contributed by atoms with E-state index in [1.807, 2.05) is 0 Å². The van der Waals surface area contributed by atoms with Gasteiger partial charge in [0.1, 0.15) is 5.01 Å². The average molecular weight is 322 g/mol. The zero-order valence-electron chi connectivity index (χ0n) is 10.8. The van der Waals surface area contributed by atoms with Gasteiger partial charge in [-0.2, -0.15) is 13.2 Å². The number of carbonyl (C=O) groups is 2. The first-order valence-electron chi connectivity index (χ1n) is 6.29. The van der Waals surface area contributed by atoms with Gasteiger partial charge in [0.25, 0.3) is 0 Å². The van der Waals surface area contributed by atoms with Gasteiger partial charge in [0.05, 0.1) is 12.5 Å². The lowest BCUT2D eigenvalue weighted by Gasteiger charge is -2.09. The van der Waals surface area contributed by atoms with E-state index in [0.717, 1.165) is 16.7 Å². The predicted octanol–water partition coefficient (Wildman–Crippen LogP) is 2.28. The van der Waals surface area contributed by atoms with Gasteiger partial charge in [-0.15, -0.1) is 11.3 Å². The van der Waals surface area contributed by atoms with Gasteiger partial charge in [0, 0.05) is 11.3 Å². The summed E-state index contributed by atoms with van der Waals surface area (Å²) in [7, 11) is 0. The topological polar surface area (TPSA) is 79.3 Å². The second kappa shape index (κ2) is 6.00. The summed E-state index contributed by atoms with van der Waals surface area (Å²) in [4.78, 5) is 26.0. The molecule has 1 saturated carbocycles. The third-order valence-electron chi connectivity index (χ3n) is 3.41. The maximum Gasteiger partial charge on any atom is 0.434 e. The van der Waals surface area contributed by atoms with Crippen molar-refractivity contribution in [1.29, 1.82) is 0 Å². The van der Waals surface area contributed by atoms with E-state index in [4.69, 9.17) is 5.11 Å². The molecule has 1 aliphatic rings. The molecule has 0 radical (unpaired) electrons. The zero-order valence-corrected chi connectivity index (χ0v) is 11.6. The number of carboxylic acid groups (broad SMARTS) is 1. The highest BCUT2D eigenvalue weighted by Gasteiger charge is 2.35. The van der Waals surface area contributed by atoms with Crippen molar-refractivity contribution in [2.24, 2.45) is 11.8 Å². The lowest BCUT2D eigenvalue weighted by atomic mass is 10.0. The quantitative estimate of drug-likeness (QED) is 0.891. The minimum atomic E-state index is -4.49. The van der Waals surface area contributed by atoms with Crippen molar-refractivity contribution in [1.82, 2.24) is 10.3 Å². The second-order valence-corrected chi connectivity index (χ2v) is 5.83. The fourth-order valence-electron chi connectivity index (χ4n) is 2.27. The Balaban J connectivity index is 1.85. The molecule has 9 heteroatoms. The molecule has 1 heterocycles. The van der Waals surface area contributed by atoms with Crippen LogP contribution in [0.5, 0.6) is 0 Å². The number of hydrogen-bond acceptors (Lipinski definition) is 4. The van der Waals surface area contributed by atoms with Crippen LogP contribution in [-0.4, -0.2) is 22.0 Å². The Morgan fingerprint density at radius 2 is 2.05 bits per heavy atom. The van der Waals surface area contributed by atoms with Crippen molar-refractivity contribution in [3.63, 3.8) is 0 Å². The summed E-state index contributed by atoms with van der Waals surface area (Å²) in [6.45, 7) is -0.0756. The smallest absolute Gasteiger partial charge is 0.434 e. The number of rotatable bonds is 4. The molecule has 0 unspecified atom stereocenters. The monoisotopic (exact) mass is 322 g/mol. The number of halogens is 3. The van der Waals surface area contributed by atoms with E-state index in [-0.39, 0.29) is 23.9 Å². The average Bonchev–Trinajstić information content (AvgIpc) is 3.04. The minimum Gasteiger partial charge on any atom is -0.481 e. The fourth-order valence-corrected chi connectivity index (χ4v) is 3.01. The molecular weight excluding hydrogens is 309 g/mol. The molecule has 116 valence electrons. The Labute approximate surface area is 122 Å². The van der Waals surface area contributed by atoms with Gasteiger partial charge in [0.15, 0.2) is 5.69 Å². The summed E-state index contributed by atoms with van der Waals surface area (Å²) in [5.41, 5.74) is -0.969. The molecule has 0 bridgehead atoms. The van der Waals surface area contributed by atoms with Crippen molar-refractivity contribution in [3.8, 4) is 0 Å². The van der Waals surface area contributed by atoms with Crippen LogP contribution in [0.15, 0.2) is 5.38 Å². The third-order valence-corrected chi connectivity index (χ3v) is 4.26. The summed E-state index contributed by atoms with van der Waals surface area (Å²) < 4.78 is 37.1. The van der Waals surface area contributed by atoms with Crippen LogP contribution in [0.25, 0.3) is 0 Å². The number of nitrogens with zero attached hydrogens (tertiary/aromatic N) is 1. The maximum absolute atomic E-state index is 12.4. The highest BCUT2D eigenvalue weighted by atomic mass is 32.1. The summed E-state index contributed by atoms with van der Waals surface area (Å²) in [6, 6.07) is 0. The van der Waals surface area contributed by atoms with Crippen LogP contribution >= 0.6 is 11.3 Å². The van der Waals surface area contributed by atoms with E-state index in [0.29, 0.717) is 12.8 Å². The Kier molecular flexibility index (Phi) is 4.50. The van der Waals surface area contributed by atoms with E-state index < -0.39 is 29.7 Å². The summed E-state index contributed by atoms with van der Waals surface area (Å²) >= 11 is 0.826. The molecular formula is C12H13F3N2O3S. The number of alkyl halides is 3. The minimum absolute atomic E-state index is 0.0756. The van der Waals surface area contributed by atoms with Gasteiger partial charge < -0.3 is 10.4 Å². The number of aromatic nitrogens is 1. The van der Waals surface area contributed by atoms with E-state index >= 15 is 0 Å². The van der Waals surface area contributed by atoms with E-state index in [2.05, 4.69) is 10.3 Å². The molecule has 1 aromatic rings. The lowest BCUT2D eigenvalue weighted by molar-refractivity contribution is -0.142. The van der Waals surface area contributed by atoms with Crippen LogP contribution in [0.3, 0.4) is 0 Å². The molecule has 2 atom stereocenters. The lowest BCUT2D eigenvalue weighted by Crippen LogP contribution is -2.29. The van der Waals surface area contributed by atoms with E-state index in [1.54, 1.807) is 0 Å². The van der Waals surface area contributed by atoms with Crippen molar-refractivity contribution in [2.45, 2.75) is 32.0 Å². The number of carboxylic acids is 1. The van der Waals surface area contributed by atoms with Gasteiger partial charge in [-0.3, -0.25) is 9.59 Å². The number of carbonyl (C=O) groups excluding carboxylic acids is 1. The first-order chi connectivity index (χ1) is 9.77. The maximum atomic E-state index is 12.4. The van der Waals surface area contributed by atoms with Gasteiger partial charge in [-0.1, -0.05) is 0 Å². The van der Waals surface area contributed by atoms with Crippen LogP contribution in [0.4, 0.5) is 13.2 Å². The van der Waals surface area contributed by atoms with Crippen molar-refractivity contribution in [2.75, 3.05) is 0 Å². The van der Waals surface area contributed by atoms with Crippen molar-refractivity contribution < 1.29 is 27.9 Å². The van der Waals surface area contributed by atoms with E-state index in [1.165, 1.54) is 0 Å². The molecule has 0 saturated heterocycles. The fraction of sp³-hybridized carbons (Fsp3) is 0.583. The molecule has 0 aromatic carbocycles. The largest absolute Gasteiger partial charge is 0.481 e.